The van der Waals surface area contributed by atoms with Crippen LogP contribution < -0.4 is 14.8 Å². The second kappa shape index (κ2) is 15.3. The van der Waals surface area contributed by atoms with Crippen LogP contribution in [-0.4, -0.2) is 94.9 Å². The number of aromatic nitrogens is 2. The van der Waals surface area contributed by atoms with Gasteiger partial charge in [0.2, 0.25) is 5.91 Å². The number of H-pyrrole nitrogens is 1. The van der Waals surface area contributed by atoms with E-state index in [1.807, 2.05) is 48.5 Å². The van der Waals surface area contributed by atoms with Crippen LogP contribution in [0.15, 0.2) is 102 Å². The molecule has 1 aliphatic rings. The van der Waals surface area contributed by atoms with Crippen LogP contribution in [0.1, 0.15) is 38.0 Å². The molecule has 1 aliphatic heterocycles. The van der Waals surface area contributed by atoms with Crippen molar-refractivity contribution in [2.24, 2.45) is 0 Å². The number of carboxylic acid groups (broad SMARTS) is 1. The molecule has 0 aliphatic carbocycles. The number of benzene rings is 3. The number of hydrogen-bond donors (Lipinski definition) is 3. The minimum absolute atomic E-state index is 0.0392. The van der Waals surface area contributed by atoms with Gasteiger partial charge in [-0.15, -0.1) is 11.8 Å². The molecule has 1 fully saturated rings. The first-order valence-corrected chi connectivity index (χ1v) is 16.8. The number of carbonyl (C=O) groups excluding carboxylic acids is 2. The molecule has 0 radical (unpaired) electrons. The van der Waals surface area contributed by atoms with Crippen molar-refractivity contribution in [3.8, 4) is 11.5 Å². The lowest BCUT2D eigenvalue weighted by Gasteiger charge is -2.40. The molecule has 0 unspecified atom stereocenters. The molecule has 3 heterocycles. The molecule has 11 nitrogen and oxygen atoms in total. The second-order valence-electron chi connectivity index (χ2n) is 11.6. The summed E-state index contributed by atoms with van der Waals surface area (Å²) >= 11 is 1.13. The van der Waals surface area contributed by atoms with E-state index in [9.17, 15) is 19.5 Å². The van der Waals surface area contributed by atoms with Crippen molar-refractivity contribution in [2.45, 2.75) is 17.1 Å². The molecule has 1 atom stereocenters. The molecule has 2 amide bonds. The van der Waals surface area contributed by atoms with Crippen LogP contribution in [0.25, 0.3) is 10.9 Å². The van der Waals surface area contributed by atoms with Crippen molar-refractivity contribution in [1.82, 2.24) is 25.1 Å². The van der Waals surface area contributed by atoms with Gasteiger partial charge in [-0.1, -0.05) is 42.5 Å². The maximum absolute atomic E-state index is 14.1. The number of ether oxygens (including phenoxy) is 2. The van der Waals surface area contributed by atoms with Crippen molar-refractivity contribution in [1.29, 1.82) is 0 Å². The highest BCUT2D eigenvalue weighted by Gasteiger charge is 2.33. The number of carboxylic acids is 1. The Morgan fingerprint density at radius 3 is 2.10 bits per heavy atom. The maximum atomic E-state index is 14.1. The number of fused-ring (bicyclic) bond motifs is 1. The Kier molecular flexibility index (Phi) is 10.5. The van der Waals surface area contributed by atoms with Gasteiger partial charge in [0.25, 0.3) is 5.91 Å². The second-order valence-corrected chi connectivity index (χ2v) is 12.6. The number of amides is 2. The number of thioether (sulfide) groups is 1. The fourth-order valence-electron chi connectivity index (χ4n) is 6.04. The minimum Gasteiger partial charge on any atom is -0.497 e. The van der Waals surface area contributed by atoms with Crippen LogP contribution in [-0.2, 0) is 4.79 Å². The smallest absolute Gasteiger partial charge is 0.338 e. The van der Waals surface area contributed by atoms with Gasteiger partial charge in [0, 0.05) is 49.0 Å². The number of rotatable bonds is 12. The van der Waals surface area contributed by atoms with Crippen LogP contribution in [0.2, 0.25) is 0 Å². The van der Waals surface area contributed by atoms with E-state index < -0.39 is 17.9 Å². The van der Waals surface area contributed by atoms with Crippen LogP contribution in [0, 0.1) is 0 Å². The molecule has 5 aromatic rings. The van der Waals surface area contributed by atoms with Crippen LogP contribution in [0.4, 0.5) is 0 Å². The highest BCUT2D eigenvalue weighted by Crippen LogP contribution is 2.32. The molecule has 252 valence electrons. The van der Waals surface area contributed by atoms with E-state index in [2.05, 4.69) is 44.5 Å². The summed E-state index contributed by atoms with van der Waals surface area (Å²) in [7, 11) is 3.28. The first kappa shape index (κ1) is 33.6. The van der Waals surface area contributed by atoms with Crippen molar-refractivity contribution in [3.05, 3.63) is 120 Å². The maximum Gasteiger partial charge on any atom is 0.338 e. The topological polar surface area (TPSA) is 137 Å². The number of aromatic carboxylic acids is 1. The average Bonchev–Trinajstić information content (AvgIpc) is 3.59. The van der Waals surface area contributed by atoms with Gasteiger partial charge >= 0.3 is 5.97 Å². The first-order valence-electron chi connectivity index (χ1n) is 15.8. The fourth-order valence-corrected chi connectivity index (χ4v) is 7.04. The molecule has 0 spiro atoms. The van der Waals surface area contributed by atoms with Crippen molar-refractivity contribution < 1.29 is 29.0 Å². The predicted octanol–water partition coefficient (Wildman–Crippen LogP) is 5.10. The minimum atomic E-state index is -1.11. The van der Waals surface area contributed by atoms with Gasteiger partial charge in [0.05, 0.1) is 25.8 Å². The van der Waals surface area contributed by atoms with E-state index in [0.717, 1.165) is 45.3 Å². The summed E-state index contributed by atoms with van der Waals surface area (Å²) in [6, 6.07) is 27.3. The Balaban J connectivity index is 1.21. The number of piperazine rings is 1. The standard InChI is InChI=1S/C37H37N5O6S/c1-47-27-13-9-24(10-14-27)33(25-11-15-28(48-2)16-12-25)41-18-20-42(21-19-41)36(44)32(23-49-35-29(37(45)46)7-5-17-38-35)40-34(43)31-22-26-6-3-4-8-30(26)39-31/h3-17,22,32-33,39H,18-21,23H2,1-2H3,(H,40,43)(H,45,46)/t32-/m0/s1. The van der Waals surface area contributed by atoms with Gasteiger partial charge in [-0.3, -0.25) is 14.5 Å². The van der Waals surface area contributed by atoms with Gasteiger partial charge in [0.1, 0.15) is 28.3 Å². The molecule has 3 aromatic carbocycles. The average molecular weight is 680 g/mol. The van der Waals surface area contributed by atoms with Crippen molar-refractivity contribution in [3.63, 3.8) is 0 Å². The third-order valence-corrected chi connectivity index (χ3v) is 9.72. The zero-order valence-electron chi connectivity index (χ0n) is 27.2. The van der Waals surface area contributed by atoms with Gasteiger partial charge < -0.3 is 29.8 Å². The highest BCUT2D eigenvalue weighted by atomic mass is 32.2. The molecule has 3 N–H and O–H groups in total. The first-order chi connectivity index (χ1) is 23.8. The number of nitrogens with zero attached hydrogens (tertiary/aromatic N) is 3. The number of hydrogen-bond acceptors (Lipinski definition) is 8. The molecular formula is C37H37N5O6S. The number of methoxy groups -OCH3 is 2. The van der Waals surface area contributed by atoms with E-state index in [1.165, 1.54) is 12.3 Å². The Hall–Kier alpha value is -5.33. The zero-order valence-corrected chi connectivity index (χ0v) is 28.0. The normalized spacial score (nSPS) is 14.1. The lowest BCUT2D eigenvalue weighted by atomic mass is 9.96. The van der Waals surface area contributed by atoms with Gasteiger partial charge in [-0.2, -0.15) is 0 Å². The van der Waals surface area contributed by atoms with Gasteiger partial charge in [0.15, 0.2) is 0 Å². The van der Waals surface area contributed by atoms with E-state index >= 15 is 0 Å². The van der Waals surface area contributed by atoms with Crippen LogP contribution in [0.5, 0.6) is 11.5 Å². The van der Waals surface area contributed by atoms with Gasteiger partial charge in [-0.25, -0.2) is 9.78 Å². The summed E-state index contributed by atoms with van der Waals surface area (Å²) in [5.74, 6) is -0.135. The highest BCUT2D eigenvalue weighted by molar-refractivity contribution is 7.99. The molecule has 12 heteroatoms. The quantitative estimate of drug-likeness (QED) is 0.154. The number of pyridine rings is 1. The summed E-state index contributed by atoms with van der Waals surface area (Å²) in [6.45, 7) is 2.06. The molecule has 2 aromatic heterocycles. The SMILES string of the molecule is COc1ccc(C(c2ccc(OC)cc2)N2CCN(C(=O)[C@H](CSc3ncccc3C(=O)O)NC(=O)c3cc4ccccc4[nH]3)CC2)cc1. The molecule has 49 heavy (non-hydrogen) atoms. The largest absolute Gasteiger partial charge is 0.497 e. The predicted molar refractivity (Wildman–Crippen MR) is 187 cm³/mol. The fraction of sp³-hybridized carbons (Fsp3) is 0.243. The molecule has 0 bridgehead atoms. The number of para-hydroxylation sites is 1. The summed E-state index contributed by atoms with van der Waals surface area (Å²) < 4.78 is 10.8. The zero-order chi connectivity index (χ0) is 34.3. The third kappa shape index (κ3) is 7.71. The molecular weight excluding hydrogens is 643 g/mol. The summed E-state index contributed by atoms with van der Waals surface area (Å²) in [4.78, 5) is 50.9. The van der Waals surface area contributed by atoms with Crippen LogP contribution in [0.3, 0.4) is 0 Å². The Morgan fingerprint density at radius 1 is 0.878 bits per heavy atom. The number of nitrogens with one attached hydrogen (secondary N) is 2. The summed E-state index contributed by atoms with van der Waals surface area (Å²) in [6.07, 6.45) is 1.51. The van der Waals surface area contributed by atoms with E-state index in [1.54, 1.807) is 31.3 Å². The Morgan fingerprint density at radius 2 is 1.51 bits per heavy atom. The van der Waals surface area contributed by atoms with E-state index in [0.29, 0.717) is 31.9 Å². The summed E-state index contributed by atoms with van der Waals surface area (Å²) in [5, 5.41) is 13.8. The van der Waals surface area contributed by atoms with E-state index in [-0.39, 0.29) is 28.3 Å². The van der Waals surface area contributed by atoms with Crippen molar-refractivity contribution in [2.75, 3.05) is 46.2 Å². The molecule has 6 rings (SSSR count). The van der Waals surface area contributed by atoms with Crippen molar-refractivity contribution >= 4 is 40.4 Å². The molecule has 1 saturated heterocycles. The lowest BCUT2D eigenvalue weighted by Crippen LogP contribution is -2.56. The van der Waals surface area contributed by atoms with Gasteiger partial charge in [-0.05, 0) is 59.7 Å². The third-order valence-electron chi connectivity index (χ3n) is 8.62. The molecule has 0 saturated carbocycles. The Labute approximate surface area is 288 Å². The number of carbonyl (C=O) groups is 3. The number of aromatic amines is 1. The monoisotopic (exact) mass is 679 g/mol. The summed E-state index contributed by atoms with van der Waals surface area (Å²) in [5.41, 5.74) is 3.37. The lowest BCUT2D eigenvalue weighted by molar-refractivity contribution is -0.134. The Bertz CT molecular complexity index is 1840. The van der Waals surface area contributed by atoms with E-state index in [4.69, 9.17) is 9.47 Å². The van der Waals surface area contributed by atoms with Crippen LogP contribution >= 0.6 is 11.8 Å².